The summed E-state index contributed by atoms with van der Waals surface area (Å²) in [5.41, 5.74) is -1.10. The Hall–Kier alpha value is -2.37. The number of benzene rings is 1. The molecule has 2 aromatic rings. The van der Waals surface area contributed by atoms with Gasteiger partial charge in [0.15, 0.2) is 0 Å². The van der Waals surface area contributed by atoms with Crippen LogP contribution in [0.2, 0.25) is 0 Å². The number of aryl methyl sites for hydroxylation is 1. The molecule has 2 rings (SSSR count). The van der Waals surface area contributed by atoms with Crippen molar-refractivity contribution in [2.75, 3.05) is 0 Å². The molecule has 0 saturated heterocycles. The van der Waals surface area contributed by atoms with Gasteiger partial charge in [-0.3, -0.25) is 14.3 Å². The molecule has 94 valence electrons. The second kappa shape index (κ2) is 4.87. The maximum absolute atomic E-state index is 13.1. The lowest BCUT2D eigenvalue weighted by molar-refractivity contribution is 0.360. The molecule has 0 amide bonds. The zero-order valence-electron chi connectivity index (χ0n) is 9.39. The lowest BCUT2D eigenvalue weighted by Crippen LogP contribution is -2.32. The third-order valence-corrected chi connectivity index (χ3v) is 2.58. The molecule has 0 spiro atoms. The lowest BCUT2D eigenvalue weighted by Gasteiger charge is -2.07. The number of aromatic nitrogens is 2. The molecule has 0 unspecified atom stereocenters. The van der Waals surface area contributed by atoms with Crippen molar-refractivity contribution in [2.24, 2.45) is 0 Å². The summed E-state index contributed by atoms with van der Waals surface area (Å²) in [6, 6.07) is 9.23. The van der Waals surface area contributed by atoms with E-state index in [1.54, 1.807) is 4.98 Å². The highest BCUT2D eigenvalue weighted by atomic mass is 19.1. The molecule has 1 aromatic carbocycles. The van der Waals surface area contributed by atoms with Crippen LogP contribution in [0.15, 0.2) is 39.9 Å². The fraction of sp³-hybridized carbons (Fsp3) is 0.167. The van der Waals surface area contributed by atoms with Crippen molar-refractivity contribution in [1.29, 1.82) is 0 Å². The Morgan fingerprint density at radius 1 is 1.22 bits per heavy atom. The Balaban J connectivity index is 2.28. The average Bonchev–Trinajstić information content (AvgIpc) is 2.37. The quantitative estimate of drug-likeness (QED) is 0.838. The van der Waals surface area contributed by atoms with Gasteiger partial charge in [0.1, 0.15) is 0 Å². The largest absolute Gasteiger partial charge is 0.492 e. The number of hydrogen-bond donors (Lipinski definition) is 2. The van der Waals surface area contributed by atoms with E-state index in [4.69, 9.17) is 0 Å². The number of halogens is 1. The maximum Gasteiger partial charge on any atom is 0.331 e. The topological polar surface area (TPSA) is 75.1 Å². The summed E-state index contributed by atoms with van der Waals surface area (Å²) in [5, 5.41) is 9.41. The summed E-state index contributed by atoms with van der Waals surface area (Å²) < 4.78 is 13.9. The van der Waals surface area contributed by atoms with Gasteiger partial charge in [-0.15, -0.1) is 0 Å². The summed E-state index contributed by atoms with van der Waals surface area (Å²) in [4.78, 5) is 24.1. The smallest absolute Gasteiger partial charge is 0.331 e. The molecular weight excluding hydrogens is 239 g/mol. The van der Waals surface area contributed by atoms with Gasteiger partial charge in [0.25, 0.3) is 5.56 Å². The first-order valence-electron chi connectivity index (χ1n) is 5.35. The molecule has 6 heteroatoms. The predicted molar refractivity (Wildman–Crippen MR) is 63.1 cm³/mol. The highest BCUT2D eigenvalue weighted by molar-refractivity contribution is 5.15. The number of aromatic hydroxyl groups is 1. The zero-order chi connectivity index (χ0) is 13.1. The normalized spacial score (nSPS) is 10.5. The molecule has 0 radical (unpaired) electrons. The van der Waals surface area contributed by atoms with Crippen LogP contribution in [-0.4, -0.2) is 14.7 Å². The van der Waals surface area contributed by atoms with E-state index in [-0.39, 0.29) is 6.54 Å². The van der Waals surface area contributed by atoms with Crippen molar-refractivity contribution < 1.29 is 9.50 Å². The van der Waals surface area contributed by atoms with E-state index in [1.807, 2.05) is 30.3 Å². The van der Waals surface area contributed by atoms with Gasteiger partial charge in [-0.25, -0.2) is 4.79 Å². The Morgan fingerprint density at radius 3 is 2.56 bits per heavy atom. The lowest BCUT2D eigenvalue weighted by atomic mass is 10.1. The molecule has 0 aliphatic heterocycles. The van der Waals surface area contributed by atoms with Crippen molar-refractivity contribution >= 4 is 0 Å². The molecule has 0 aliphatic rings. The fourth-order valence-corrected chi connectivity index (χ4v) is 1.63. The van der Waals surface area contributed by atoms with E-state index in [0.29, 0.717) is 6.42 Å². The van der Waals surface area contributed by atoms with E-state index in [1.165, 1.54) is 0 Å². The van der Waals surface area contributed by atoms with Crippen LogP contribution in [0.4, 0.5) is 4.39 Å². The van der Waals surface area contributed by atoms with Crippen LogP contribution in [0.1, 0.15) is 5.56 Å². The second-order valence-corrected chi connectivity index (χ2v) is 3.78. The average molecular weight is 250 g/mol. The minimum Gasteiger partial charge on any atom is -0.492 e. The molecule has 1 heterocycles. The Bertz CT molecular complexity index is 661. The van der Waals surface area contributed by atoms with Gasteiger partial charge in [0.2, 0.25) is 11.7 Å². The van der Waals surface area contributed by atoms with E-state index in [9.17, 15) is 19.1 Å². The molecule has 5 nitrogen and oxygen atoms in total. The summed E-state index contributed by atoms with van der Waals surface area (Å²) >= 11 is 0. The number of H-pyrrole nitrogens is 1. The molecule has 0 bridgehead atoms. The number of hydrogen-bond acceptors (Lipinski definition) is 3. The predicted octanol–water partition coefficient (Wildman–Crippen LogP) is 0.624. The first kappa shape index (κ1) is 12.1. The SMILES string of the molecule is O=c1[nH]c(=O)n(CCc2ccccc2)c(O)c1F. The van der Waals surface area contributed by atoms with Crippen molar-refractivity contribution in [2.45, 2.75) is 13.0 Å². The van der Waals surface area contributed by atoms with Crippen LogP contribution in [0.3, 0.4) is 0 Å². The molecule has 18 heavy (non-hydrogen) atoms. The zero-order valence-corrected chi connectivity index (χ0v) is 9.39. The molecule has 2 N–H and O–H groups in total. The van der Waals surface area contributed by atoms with Crippen LogP contribution in [-0.2, 0) is 13.0 Å². The van der Waals surface area contributed by atoms with Gasteiger partial charge in [-0.2, -0.15) is 4.39 Å². The number of nitrogens with zero attached hydrogens (tertiary/aromatic N) is 1. The molecule has 0 aliphatic carbocycles. The molecule has 0 saturated carbocycles. The van der Waals surface area contributed by atoms with E-state index < -0.39 is 22.9 Å². The summed E-state index contributed by atoms with van der Waals surface area (Å²) in [6.45, 7) is 0.0857. The van der Waals surface area contributed by atoms with E-state index in [2.05, 4.69) is 0 Å². The first-order valence-corrected chi connectivity index (χ1v) is 5.35. The van der Waals surface area contributed by atoms with Crippen LogP contribution >= 0.6 is 0 Å². The minimum absolute atomic E-state index is 0.0857. The van der Waals surface area contributed by atoms with Crippen molar-refractivity contribution in [3.05, 3.63) is 62.6 Å². The minimum atomic E-state index is -1.34. The van der Waals surface area contributed by atoms with Gasteiger partial charge in [0, 0.05) is 6.54 Å². The highest BCUT2D eigenvalue weighted by Gasteiger charge is 2.13. The highest BCUT2D eigenvalue weighted by Crippen LogP contribution is 2.09. The van der Waals surface area contributed by atoms with Crippen molar-refractivity contribution in [3.63, 3.8) is 0 Å². The van der Waals surface area contributed by atoms with E-state index in [0.717, 1.165) is 10.1 Å². The Kier molecular flexibility index (Phi) is 3.27. The number of rotatable bonds is 3. The van der Waals surface area contributed by atoms with Crippen molar-refractivity contribution in [3.8, 4) is 5.88 Å². The summed E-state index contributed by atoms with van der Waals surface area (Å²) in [7, 11) is 0. The first-order chi connectivity index (χ1) is 8.59. The summed E-state index contributed by atoms with van der Waals surface area (Å²) in [6.07, 6.45) is 0.444. The maximum atomic E-state index is 13.1. The van der Waals surface area contributed by atoms with Crippen LogP contribution in [0, 0.1) is 5.82 Å². The van der Waals surface area contributed by atoms with Gasteiger partial charge in [0.05, 0.1) is 0 Å². The monoisotopic (exact) mass is 250 g/mol. The number of aromatic amines is 1. The summed E-state index contributed by atoms with van der Waals surface area (Å²) in [5.74, 6) is -2.28. The van der Waals surface area contributed by atoms with Crippen LogP contribution in [0.25, 0.3) is 0 Å². The standard InChI is InChI=1S/C12H11FN2O3/c13-9-10(16)14-12(18)15(11(9)17)7-6-8-4-2-1-3-5-8/h1-5,17H,6-7H2,(H,14,16,18). The Morgan fingerprint density at radius 2 is 1.89 bits per heavy atom. The number of nitrogens with one attached hydrogen (secondary N) is 1. The van der Waals surface area contributed by atoms with Gasteiger partial charge >= 0.3 is 5.69 Å². The van der Waals surface area contributed by atoms with Gasteiger partial charge < -0.3 is 5.11 Å². The third kappa shape index (κ3) is 2.32. The molecule has 0 fully saturated rings. The molecule has 0 atom stereocenters. The fourth-order valence-electron chi connectivity index (χ4n) is 1.63. The molecular formula is C12H11FN2O3. The Labute approximate surface area is 101 Å². The second-order valence-electron chi connectivity index (χ2n) is 3.78. The van der Waals surface area contributed by atoms with Crippen LogP contribution < -0.4 is 11.2 Å². The van der Waals surface area contributed by atoms with Crippen molar-refractivity contribution in [1.82, 2.24) is 9.55 Å². The molecule has 1 aromatic heterocycles. The van der Waals surface area contributed by atoms with Gasteiger partial charge in [-0.1, -0.05) is 30.3 Å². The third-order valence-electron chi connectivity index (χ3n) is 2.58. The van der Waals surface area contributed by atoms with E-state index >= 15 is 0 Å². The van der Waals surface area contributed by atoms with Gasteiger partial charge in [-0.05, 0) is 12.0 Å². The van der Waals surface area contributed by atoms with Crippen LogP contribution in [0.5, 0.6) is 5.88 Å².